The molecule has 1 aromatic carbocycles. The molecule has 31 heavy (non-hydrogen) atoms. The van der Waals surface area contributed by atoms with Crippen LogP contribution in [-0.4, -0.2) is 71.4 Å². The van der Waals surface area contributed by atoms with Gasteiger partial charge in [0.05, 0.1) is 36.4 Å². The van der Waals surface area contributed by atoms with Crippen LogP contribution in [0.5, 0.6) is 0 Å². The highest BCUT2D eigenvalue weighted by atomic mass is 16.5. The molecular weight excluding hydrogens is 388 g/mol. The average Bonchev–Trinajstić information content (AvgIpc) is 3.24. The highest BCUT2D eigenvalue weighted by molar-refractivity contribution is 5.95. The van der Waals surface area contributed by atoms with Crippen LogP contribution in [0.15, 0.2) is 30.5 Å². The molecule has 0 spiro atoms. The van der Waals surface area contributed by atoms with Gasteiger partial charge in [0.25, 0.3) is 5.91 Å². The molecule has 0 N–H and O–H groups in total. The van der Waals surface area contributed by atoms with Crippen LogP contribution in [0.25, 0.3) is 5.69 Å². The van der Waals surface area contributed by atoms with Gasteiger partial charge in [-0.25, -0.2) is 4.68 Å². The topological polar surface area (TPSA) is 50.6 Å². The number of benzene rings is 1. The van der Waals surface area contributed by atoms with E-state index in [2.05, 4.69) is 55.0 Å². The van der Waals surface area contributed by atoms with Crippen molar-refractivity contribution < 1.29 is 9.53 Å². The first kappa shape index (κ1) is 22.0. The van der Waals surface area contributed by atoms with Crippen molar-refractivity contribution in [2.75, 3.05) is 45.9 Å². The van der Waals surface area contributed by atoms with Crippen molar-refractivity contribution in [3.05, 3.63) is 47.3 Å². The Morgan fingerprint density at radius 3 is 2.42 bits per heavy atom. The van der Waals surface area contributed by atoms with Crippen molar-refractivity contribution in [3.8, 4) is 5.69 Å². The fourth-order valence-electron chi connectivity index (χ4n) is 4.75. The predicted octanol–water partition coefficient (Wildman–Crippen LogP) is 3.88. The van der Waals surface area contributed by atoms with Gasteiger partial charge in [-0.05, 0) is 56.7 Å². The minimum Gasteiger partial charge on any atom is -0.379 e. The first-order valence-electron chi connectivity index (χ1n) is 11.8. The van der Waals surface area contributed by atoms with Gasteiger partial charge >= 0.3 is 0 Å². The molecule has 1 aromatic heterocycles. The summed E-state index contributed by atoms with van der Waals surface area (Å²) >= 11 is 0. The Balaban J connectivity index is 1.39. The van der Waals surface area contributed by atoms with Crippen molar-refractivity contribution in [3.63, 3.8) is 0 Å². The minimum absolute atomic E-state index is 0.133. The number of aryl methyl sites for hydroxylation is 1. The lowest BCUT2D eigenvalue weighted by Crippen LogP contribution is -2.41. The molecule has 0 aliphatic carbocycles. The second-order valence-corrected chi connectivity index (χ2v) is 9.32. The Bertz CT molecular complexity index is 860. The van der Waals surface area contributed by atoms with E-state index in [1.54, 1.807) is 6.20 Å². The van der Waals surface area contributed by atoms with Crippen LogP contribution in [0.3, 0.4) is 0 Å². The molecule has 2 saturated heterocycles. The van der Waals surface area contributed by atoms with E-state index in [4.69, 9.17) is 4.74 Å². The molecular formula is C25H36N4O2. The van der Waals surface area contributed by atoms with Gasteiger partial charge < -0.3 is 9.64 Å². The van der Waals surface area contributed by atoms with Gasteiger partial charge in [0, 0.05) is 26.2 Å². The molecule has 0 saturated carbocycles. The summed E-state index contributed by atoms with van der Waals surface area (Å²) in [6.07, 6.45) is 5.19. The number of hydrogen-bond acceptors (Lipinski definition) is 4. The third-order valence-electron chi connectivity index (χ3n) is 6.72. The van der Waals surface area contributed by atoms with Gasteiger partial charge in [0.2, 0.25) is 0 Å². The fourth-order valence-corrected chi connectivity index (χ4v) is 4.75. The molecule has 6 heteroatoms. The normalized spacial score (nSPS) is 18.6. The zero-order valence-corrected chi connectivity index (χ0v) is 19.2. The minimum atomic E-state index is 0.133. The lowest BCUT2D eigenvalue weighted by atomic mass is 9.92. The van der Waals surface area contributed by atoms with Crippen molar-refractivity contribution >= 4 is 5.91 Å². The second kappa shape index (κ2) is 9.96. The summed E-state index contributed by atoms with van der Waals surface area (Å²) in [6.45, 7) is 13.0. The van der Waals surface area contributed by atoms with Crippen molar-refractivity contribution in [2.45, 2.75) is 46.0 Å². The first-order chi connectivity index (χ1) is 15.0. The summed E-state index contributed by atoms with van der Waals surface area (Å²) in [6, 6.07) is 8.32. The Hall–Kier alpha value is -2.18. The summed E-state index contributed by atoms with van der Waals surface area (Å²) in [5.41, 5.74) is 3.98. The van der Waals surface area contributed by atoms with E-state index in [1.165, 1.54) is 12.0 Å². The number of ether oxygens (including phenoxy) is 1. The number of rotatable bonds is 6. The Kier molecular flexibility index (Phi) is 7.08. The van der Waals surface area contributed by atoms with Crippen LogP contribution in [-0.2, 0) is 4.74 Å². The lowest BCUT2D eigenvalue weighted by Gasteiger charge is -2.34. The summed E-state index contributed by atoms with van der Waals surface area (Å²) < 4.78 is 7.38. The highest BCUT2D eigenvalue weighted by Gasteiger charge is 2.28. The maximum Gasteiger partial charge on any atom is 0.257 e. The summed E-state index contributed by atoms with van der Waals surface area (Å²) in [5, 5.41) is 4.60. The van der Waals surface area contributed by atoms with Gasteiger partial charge in [-0.15, -0.1) is 0 Å². The number of morpholine rings is 1. The average molecular weight is 425 g/mol. The summed E-state index contributed by atoms with van der Waals surface area (Å²) in [5.74, 6) is 1.06. The zero-order valence-electron chi connectivity index (χ0n) is 19.2. The molecule has 2 fully saturated rings. The Morgan fingerprint density at radius 2 is 1.77 bits per heavy atom. The van der Waals surface area contributed by atoms with Crippen LogP contribution in [0, 0.1) is 12.8 Å². The molecule has 1 amide bonds. The highest BCUT2D eigenvalue weighted by Crippen LogP contribution is 2.27. The van der Waals surface area contributed by atoms with Crippen LogP contribution in [0.4, 0.5) is 0 Å². The Morgan fingerprint density at radius 1 is 1.10 bits per heavy atom. The lowest BCUT2D eigenvalue weighted by molar-refractivity contribution is 0.0332. The largest absolute Gasteiger partial charge is 0.379 e. The molecule has 6 nitrogen and oxygen atoms in total. The quantitative estimate of drug-likeness (QED) is 0.706. The smallest absolute Gasteiger partial charge is 0.257 e. The molecule has 0 atom stereocenters. The summed E-state index contributed by atoms with van der Waals surface area (Å²) in [4.78, 5) is 17.9. The van der Waals surface area contributed by atoms with Crippen LogP contribution >= 0.6 is 0 Å². The van der Waals surface area contributed by atoms with Crippen molar-refractivity contribution in [1.82, 2.24) is 19.6 Å². The number of piperidine rings is 1. The number of aromatic nitrogens is 2. The van der Waals surface area contributed by atoms with Gasteiger partial charge in [0.1, 0.15) is 0 Å². The maximum absolute atomic E-state index is 13.4. The number of hydrogen-bond donors (Lipinski definition) is 0. The molecule has 0 unspecified atom stereocenters. The zero-order chi connectivity index (χ0) is 21.8. The molecule has 2 aliphatic heterocycles. The van der Waals surface area contributed by atoms with E-state index >= 15 is 0 Å². The number of carbonyl (C=O) groups is 1. The van der Waals surface area contributed by atoms with Gasteiger partial charge in [0.15, 0.2) is 0 Å². The van der Waals surface area contributed by atoms with Crippen LogP contribution in [0.1, 0.15) is 60.6 Å². The monoisotopic (exact) mass is 424 g/mol. The number of carbonyl (C=O) groups excluding carboxylic acids is 1. The molecule has 3 heterocycles. The number of amides is 1. The standard InChI is InChI=1S/C25H36N4O2/c1-19(2)24-23(18-26-29(24)22-6-4-20(3)5-7-22)25(30)28-12-9-21(10-13-28)8-11-27-14-16-31-17-15-27/h4-7,18-19,21H,8-17H2,1-3H3. The maximum atomic E-state index is 13.4. The molecule has 4 rings (SSSR count). The van der Waals surface area contributed by atoms with Crippen molar-refractivity contribution in [2.24, 2.45) is 5.92 Å². The second-order valence-electron chi connectivity index (χ2n) is 9.32. The number of nitrogens with zero attached hydrogens (tertiary/aromatic N) is 4. The summed E-state index contributed by atoms with van der Waals surface area (Å²) in [7, 11) is 0. The van der Waals surface area contributed by atoms with Gasteiger partial charge in [-0.1, -0.05) is 31.5 Å². The fraction of sp³-hybridized carbons (Fsp3) is 0.600. The van der Waals surface area contributed by atoms with E-state index in [0.29, 0.717) is 5.92 Å². The first-order valence-corrected chi connectivity index (χ1v) is 11.8. The molecule has 2 aliphatic rings. The predicted molar refractivity (Wildman–Crippen MR) is 123 cm³/mol. The van der Waals surface area contributed by atoms with Crippen molar-refractivity contribution in [1.29, 1.82) is 0 Å². The van der Waals surface area contributed by atoms with E-state index in [-0.39, 0.29) is 11.8 Å². The van der Waals surface area contributed by atoms with Gasteiger partial charge in [-0.3, -0.25) is 9.69 Å². The van der Waals surface area contributed by atoms with Crippen LogP contribution < -0.4 is 0 Å². The third kappa shape index (κ3) is 5.18. The third-order valence-corrected chi connectivity index (χ3v) is 6.72. The van der Waals surface area contributed by atoms with E-state index in [1.807, 2.05) is 9.58 Å². The van der Waals surface area contributed by atoms with E-state index in [9.17, 15) is 4.79 Å². The van der Waals surface area contributed by atoms with Gasteiger partial charge in [-0.2, -0.15) is 5.10 Å². The SMILES string of the molecule is Cc1ccc(-n2ncc(C(=O)N3CCC(CCN4CCOCC4)CC3)c2C(C)C)cc1. The number of likely N-dealkylation sites (tertiary alicyclic amines) is 1. The Labute approximate surface area is 186 Å². The molecule has 168 valence electrons. The molecule has 0 radical (unpaired) electrons. The van der Waals surface area contributed by atoms with E-state index < -0.39 is 0 Å². The molecule has 2 aromatic rings. The van der Waals surface area contributed by atoms with E-state index in [0.717, 1.165) is 75.7 Å². The molecule has 0 bridgehead atoms. The van der Waals surface area contributed by atoms with Crippen LogP contribution in [0.2, 0.25) is 0 Å².